The first kappa shape index (κ1) is 24.0. The van der Waals surface area contributed by atoms with Crippen molar-refractivity contribution in [2.45, 2.75) is 39.5 Å². The number of aromatic nitrogens is 3. The van der Waals surface area contributed by atoms with Crippen molar-refractivity contribution in [2.24, 2.45) is 0 Å². The van der Waals surface area contributed by atoms with Gasteiger partial charge in [0.25, 0.3) is 5.91 Å². The van der Waals surface area contributed by atoms with Crippen LogP contribution in [-0.2, 0) is 29.1 Å². The number of piperazine rings is 1. The number of hydrogen-bond donors (Lipinski definition) is 0. The first-order valence-electron chi connectivity index (χ1n) is 12.4. The van der Waals surface area contributed by atoms with E-state index in [1.165, 1.54) is 5.56 Å². The Hall–Kier alpha value is -3.72. The molecule has 1 fully saturated rings. The van der Waals surface area contributed by atoms with Gasteiger partial charge in [0.15, 0.2) is 5.69 Å². The Kier molecular flexibility index (Phi) is 6.99. The molecule has 9 nitrogen and oxygen atoms in total. The summed E-state index contributed by atoms with van der Waals surface area (Å²) in [5, 5.41) is 8.44. The van der Waals surface area contributed by atoms with Crippen molar-refractivity contribution in [3.05, 3.63) is 76.6 Å². The SMILES string of the molecule is CCOc1ccc(CC(=O)N2CCN(C(=O)c3nnn4c3CO[C@H](c3ccc(C)cc3)C4)CC2)cc1. The zero-order chi connectivity index (χ0) is 25.1. The molecule has 3 aromatic rings. The zero-order valence-electron chi connectivity index (χ0n) is 20.7. The first-order valence-corrected chi connectivity index (χ1v) is 12.4. The highest BCUT2D eigenvalue weighted by molar-refractivity contribution is 5.93. The maximum absolute atomic E-state index is 13.2. The predicted octanol–water partition coefficient (Wildman–Crippen LogP) is 2.78. The lowest BCUT2D eigenvalue weighted by molar-refractivity contribution is -0.131. The van der Waals surface area contributed by atoms with Gasteiger partial charge in [-0.2, -0.15) is 0 Å². The molecule has 2 amide bonds. The highest BCUT2D eigenvalue weighted by Gasteiger charge is 2.32. The van der Waals surface area contributed by atoms with Crippen molar-refractivity contribution in [1.29, 1.82) is 0 Å². The predicted molar refractivity (Wildman–Crippen MR) is 133 cm³/mol. The van der Waals surface area contributed by atoms with Crippen LogP contribution in [0.25, 0.3) is 0 Å². The molecule has 0 unspecified atom stereocenters. The lowest BCUT2D eigenvalue weighted by atomic mass is 10.1. The van der Waals surface area contributed by atoms with Gasteiger partial charge in [-0.05, 0) is 37.1 Å². The van der Waals surface area contributed by atoms with Gasteiger partial charge in [-0.15, -0.1) is 5.10 Å². The Morgan fingerprint density at radius 2 is 1.69 bits per heavy atom. The van der Waals surface area contributed by atoms with Gasteiger partial charge < -0.3 is 19.3 Å². The standard InChI is InChI=1S/C27H31N5O4/c1-3-35-22-10-6-20(7-11-22)16-25(33)30-12-14-31(15-13-30)27(34)26-23-18-36-24(17-32(23)29-28-26)21-8-4-19(2)5-9-21/h4-11,24H,3,12-18H2,1-2H3/t24-/m0/s1. The van der Waals surface area contributed by atoms with Crippen LogP contribution in [0.4, 0.5) is 0 Å². The maximum Gasteiger partial charge on any atom is 0.276 e. The normalized spacial score (nSPS) is 17.6. The van der Waals surface area contributed by atoms with E-state index in [-0.39, 0.29) is 24.5 Å². The average Bonchev–Trinajstić information content (AvgIpc) is 3.33. The molecule has 1 saturated heterocycles. The molecule has 188 valence electrons. The number of rotatable bonds is 6. The van der Waals surface area contributed by atoms with Gasteiger partial charge in [0.05, 0.1) is 31.9 Å². The van der Waals surface area contributed by atoms with E-state index in [1.807, 2.05) is 36.1 Å². The highest BCUT2D eigenvalue weighted by Crippen LogP contribution is 2.27. The number of fused-ring (bicyclic) bond motifs is 1. The second-order valence-corrected chi connectivity index (χ2v) is 9.20. The molecule has 0 N–H and O–H groups in total. The van der Waals surface area contributed by atoms with E-state index in [1.54, 1.807) is 9.58 Å². The number of benzene rings is 2. The van der Waals surface area contributed by atoms with E-state index in [9.17, 15) is 9.59 Å². The molecular weight excluding hydrogens is 458 g/mol. The van der Waals surface area contributed by atoms with Gasteiger partial charge in [0.1, 0.15) is 11.9 Å². The average molecular weight is 490 g/mol. The third kappa shape index (κ3) is 5.11. The Labute approximate surface area is 210 Å². The molecule has 2 aliphatic rings. The molecule has 1 aromatic heterocycles. The molecule has 2 aromatic carbocycles. The molecule has 0 aliphatic carbocycles. The van der Waals surface area contributed by atoms with E-state index in [0.717, 1.165) is 16.9 Å². The number of carbonyl (C=O) groups excluding carboxylic acids is 2. The van der Waals surface area contributed by atoms with Crippen molar-refractivity contribution in [3.63, 3.8) is 0 Å². The molecule has 36 heavy (non-hydrogen) atoms. The summed E-state index contributed by atoms with van der Waals surface area (Å²) < 4.78 is 13.3. The van der Waals surface area contributed by atoms with Crippen LogP contribution in [0.15, 0.2) is 48.5 Å². The number of carbonyl (C=O) groups is 2. The van der Waals surface area contributed by atoms with Gasteiger partial charge in [0, 0.05) is 26.2 Å². The molecule has 0 spiro atoms. The summed E-state index contributed by atoms with van der Waals surface area (Å²) in [7, 11) is 0. The summed E-state index contributed by atoms with van der Waals surface area (Å²) in [6.45, 7) is 7.33. The van der Waals surface area contributed by atoms with Crippen LogP contribution >= 0.6 is 0 Å². The van der Waals surface area contributed by atoms with Crippen LogP contribution in [-0.4, -0.2) is 69.4 Å². The van der Waals surface area contributed by atoms with Crippen LogP contribution < -0.4 is 4.74 Å². The fourth-order valence-corrected chi connectivity index (χ4v) is 4.63. The van der Waals surface area contributed by atoms with E-state index in [4.69, 9.17) is 9.47 Å². The monoisotopic (exact) mass is 489 g/mol. The second-order valence-electron chi connectivity index (χ2n) is 9.20. The summed E-state index contributed by atoms with van der Waals surface area (Å²) in [6, 6.07) is 15.9. The van der Waals surface area contributed by atoms with Crippen molar-refractivity contribution in [2.75, 3.05) is 32.8 Å². The summed E-state index contributed by atoms with van der Waals surface area (Å²) in [4.78, 5) is 29.6. The molecule has 2 aliphatic heterocycles. The molecule has 5 rings (SSSR count). The summed E-state index contributed by atoms with van der Waals surface area (Å²) in [6.07, 6.45) is 0.214. The quantitative estimate of drug-likeness (QED) is 0.529. The van der Waals surface area contributed by atoms with Crippen molar-refractivity contribution >= 4 is 11.8 Å². The first-order chi connectivity index (χ1) is 17.5. The van der Waals surface area contributed by atoms with Crippen molar-refractivity contribution < 1.29 is 19.1 Å². The minimum atomic E-state index is -0.160. The number of aryl methyl sites for hydroxylation is 1. The third-order valence-corrected chi connectivity index (χ3v) is 6.76. The third-order valence-electron chi connectivity index (χ3n) is 6.76. The zero-order valence-corrected chi connectivity index (χ0v) is 20.7. The lowest BCUT2D eigenvalue weighted by Gasteiger charge is -2.34. The molecule has 1 atom stereocenters. The largest absolute Gasteiger partial charge is 0.494 e. The number of hydrogen-bond acceptors (Lipinski definition) is 6. The topological polar surface area (TPSA) is 89.8 Å². The Morgan fingerprint density at radius 3 is 2.39 bits per heavy atom. The summed E-state index contributed by atoms with van der Waals surface area (Å²) in [5.74, 6) is 0.697. The van der Waals surface area contributed by atoms with Crippen molar-refractivity contribution in [3.8, 4) is 5.75 Å². The maximum atomic E-state index is 13.2. The number of nitrogens with zero attached hydrogens (tertiary/aromatic N) is 5. The van der Waals surface area contributed by atoms with Crippen molar-refractivity contribution in [1.82, 2.24) is 24.8 Å². The summed E-state index contributed by atoms with van der Waals surface area (Å²) >= 11 is 0. The highest BCUT2D eigenvalue weighted by atomic mass is 16.5. The molecule has 3 heterocycles. The fourth-order valence-electron chi connectivity index (χ4n) is 4.63. The van der Waals surface area contributed by atoms with Gasteiger partial charge >= 0.3 is 0 Å². The van der Waals surface area contributed by atoms with E-state index >= 15 is 0 Å². The second kappa shape index (κ2) is 10.5. The summed E-state index contributed by atoms with van der Waals surface area (Å²) in [5.41, 5.74) is 4.27. The molecule has 0 radical (unpaired) electrons. The number of amides is 2. The fraction of sp³-hybridized carbons (Fsp3) is 0.407. The van der Waals surface area contributed by atoms with E-state index in [2.05, 4.69) is 41.5 Å². The van der Waals surface area contributed by atoms with E-state index < -0.39 is 0 Å². The van der Waals surface area contributed by atoms with Gasteiger partial charge in [-0.25, -0.2) is 4.68 Å². The van der Waals surface area contributed by atoms with Gasteiger partial charge in [-0.3, -0.25) is 9.59 Å². The minimum absolute atomic E-state index is 0.0582. The number of ether oxygens (including phenoxy) is 2. The molecule has 9 heteroatoms. The molecule has 0 saturated carbocycles. The smallest absolute Gasteiger partial charge is 0.276 e. The minimum Gasteiger partial charge on any atom is -0.494 e. The van der Waals surface area contributed by atoms with Gasteiger partial charge in [-0.1, -0.05) is 47.2 Å². The Balaban J connectivity index is 1.16. The lowest BCUT2D eigenvalue weighted by Crippen LogP contribution is -2.51. The van der Waals surface area contributed by atoms with Crippen LogP contribution in [0.3, 0.4) is 0 Å². The Morgan fingerprint density at radius 1 is 1.00 bits per heavy atom. The Bertz CT molecular complexity index is 1210. The molecular formula is C27H31N5O4. The van der Waals surface area contributed by atoms with Crippen LogP contribution in [0.2, 0.25) is 0 Å². The van der Waals surface area contributed by atoms with Crippen LogP contribution in [0, 0.1) is 6.92 Å². The van der Waals surface area contributed by atoms with Crippen LogP contribution in [0.1, 0.15) is 45.9 Å². The van der Waals surface area contributed by atoms with Crippen LogP contribution in [0.5, 0.6) is 5.75 Å². The van der Waals surface area contributed by atoms with Gasteiger partial charge in [0.2, 0.25) is 5.91 Å². The van der Waals surface area contributed by atoms with E-state index in [0.29, 0.717) is 57.1 Å². The molecule has 0 bridgehead atoms.